The van der Waals surface area contributed by atoms with Crippen molar-refractivity contribution >= 4 is 44.6 Å². The van der Waals surface area contributed by atoms with E-state index in [1.807, 2.05) is 12.1 Å². The standard InChI is InChI=1S/C20H20ClN3O4S2/c1-4-28-17-10-9-15(11-18(17)30(26,27)24(2)3)22-19(25)16-12-29-20(23-16)13-5-7-14(21)8-6-13/h5-12H,4H2,1-3H3,(H,22,25). The molecule has 1 aromatic heterocycles. The summed E-state index contributed by atoms with van der Waals surface area (Å²) in [4.78, 5) is 17.0. The number of nitrogens with zero attached hydrogens (tertiary/aromatic N) is 2. The van der Waals surface area contributed by atoms with Crippen LogP contribution in [-0.2, 0) is 10.0 Å². The van der Waals surface area contributed by atoms with E-state index < -0.39 is 15.9 Å². The van der Waals surface area contributed by atoms with Crippen LogP contribution >= 0.6 is 22.9 Å². The van der Waals surface area contributed by atoms with Gasteiger partial charge in [0, 0.05) is 35.7 Å². The lowest BCUT2D eigenvalue weighted by Crippen LogP contribution is -2.23. The van der Waals surface area contributed by atoms with Gasteiger partial charge in [-0.1, -0.05) is 23.7 Å². The van der Waals surface area contributed by atoms with Crippen LogP contribution in [0.4, 0.5) is 5.69 Å². The van der Waals surface area contributed by atoms with Crippen molar-refractivity contribution in [2.45, 2.75) is 11.8 Å². The number of benzene rings is 2. The topological polar surface area (TPSA) is 88.6 Å². The SMILES string of the molecule is CCOc1ccc(NC(=O)c2csc(-c3ccc(Cl)cc3)n2)cc1S(=O)(=O)N(C)C. The summed E-state index contributed by atoms with van der Waals surface area (Å²) in [5.41, 5.74) is 1.41. The minimum Gasteiger partial charge on any atom is -0.492 e. The maximum absolute atomic E-state index is 12.6. The molecule has 0 atom stereocenters. The van der Waals surface area contributed by atoms with Crippen LogP contribution in [-0.4, -0.2) is 44.3 Å². The number of aromatic nitrogens is 1. The van der Waals surface area contributed by atoms with E-state index in [1.54, 1.807) is 30.5 Å². The zero-order chi connectivity index (χ0) is 21.9. The quantitative estimate of drug-likeness (QED) is 0.559. The molecule has 3 rings (SSSR count). The van der Waals surface area contributed by atoms with Crippen molar-refractivity contribution < 1.29 is 17.9 Å². The van der Waals surface area contributed by atoms with Gasteiger partial charge in [-0.3, -0.25) is 4.79 Å². The molecule has 0 bridgehead atoms. The third-order valence-corrected chi connectivity index (χ3v) is 7.07. The van der Waals surface area contributed by atoms with Crippen LogP contribution in [0.2, 0.25) is 5.02 Å². The Kier molecular flexibility index (Phi) is 6.77. The molecule has 0 saturated carbocycles. The lowest BCUT2D eigenvalue weighted by atomic mass is 10.2. The third kappa shape index (κ3) is 4.81. The van der Waals surface area contributed by atoms with Gasteiger partial charge in [-0.2, -0.15) is 0 Å². The van der Waals surface area contributed by atoms with Gasteiger partial charge in [0.05, 0.1) is 6.61 Å². The van der Waals surface area contributed by atoms with Gasteiger partial charge >= 0.3 is 0 Å². The first kappa shape index (κ1) is 22.2. The van der Waals surface area contributed by atoms with E-state index in [0.717, 1.165) is 9.87 Å². The number of halogens is 1. The van der Waals surface area contributed by atoms with Crippen LogP contribution in [0.1, 0.15) is 17.4 Å². The Bertz CT molecular complexity index is 1160. The van der Waals surface area contributed by atoms with E-state index in [4.69, 9.17) is 16.3 Å². The number of carbonyl (C=O) groups excluding carboxylic acids is 1. The number of hydrogen-bond acceptors (Lipinski definition) is 6. The van der Waals surface area contributed by atoms with Gasteiger partial charge < -0.3 is 10.1 Å². The summed E-state index contributed by atoms with van der Waals surface area (Å²) in [7, 11) is -0.887. The molecule has 0 aliphatic heterocycles. The summed E-state index contributed by atoms with van der Waals surface area (Å²) in [5, 5.41) is 5.64. The molecule has 1 amide bonds. The molecule has 1 heterocycles. The Hall–Kier alpha value is -2.46. The predicted molar refractivity (Wildman–Crippen MR) is 119 cm³/mol. The van der Waals surface area contributed by atoms with Crippen LogP contribution in [0.15, 0.2) is 52.7 Å². The number of amides is 1. The largest absolute Gasteiger partial charge is 0.492 e. The van der Waals surface area contributed by atoms with Crippen molar-refractivity contribution in [3.63, 3.8) is 0 Å². The average molecular weight is 466 g/mol. The van der Waals surface area contributed by atoms with Crippen molar-refractivity contribution in [1.29, 1.82) is 0 Å². The van der Waals surface area contributed by atoms with Crippen molar-refractivity contribution in [2.24, 2.45) is 0 Å². The molecule has 0 unspecified atom stereocenters. The van der Waals surface area contributed by atoms with Gasteiger partial charge in [-0.05, 0) is 37.3 Å². The van der Waals surface area contributed by atoms with E-state index in [9.17, 15) is 13.2 Å². The highest BCUT2D eigenvalue weighted by Gasteiger charge is 2.23. The van der Waals surface area contributed by atoms with Crippen LogP contribution in [0, 0.1) is 0 Å². The second kappa shape index (κ2) is 9.13. The molecular formula is C20H20ClN3O4S2. The number of anilines is 1. The van der Waals surface area contributed by atoms with Gasteiger partial charge in [-0.15, -0.1) is 11.3 Å². The molecule has 158 valence electrons. The van der Waals surface area contributed by atoms with Crippen LogP contribution in [0.25, 0.3) is 10.6 Å². The summed E-state index contributed by atoms with van der Waals surface area (Å²) in [6.45, 7) is 2.08. The lowest BCUT2D eigenvalue weighted by molar-refractivity contribution is 0.102. The van der Waals surface area contributed by atoms with E-state index in [0.29, 0.717) is 22.3 Å². The molecule has 0 saturated heterocycles. The molecule has 7 nitrogen and oxygen atoms in total. The molecule has 0 fully saturated rings. The Morgan fingerprint density at radius 2 is 1.90 bits per heavy atom. The first-order chi connectivity index (χ1) is 14.2. The van der Waals surface area contributed by atoms with Crippen LogP contribution < -0.4 is 10.1 Å². The van der Waals surface area contributed by atoms with Gasteiger partial charge in [-0.25, -0.2) is 17.7 Å². The Morgan fingerprint density at radius 3 is 2.53 bits per heavy atom. The van der Waals surface area contributed by atoms with Gasteiger partial charge in [0.1, 0.15) is 21.3 Å². The number of ether oxygens (including phenoxy) is 1. The Labute approximate surface area is 184 Å². The number of nitrogens with one attached hydrogen (secondary N) is 1. The molecule has 3 aromatic rings. The molecule has 30 heavy (non-hydrogen) atoms. The summed E-state index contributed by atoms with van der Waals surface area (Å²) in [6, 6.07) is 11.7. The van der Waals surface area contributed by atoms with E-state index in [1.165, 1.54) is 37.6 Å². The fourth-order valence-electron chi connectivity index (χ4n) is 2.56. The van der Waals surface area contributed by atoms with Crippen molar-refractivity contribution in [1.82, 2.24) is 9.29 Å². The molecule has 1 N–H and O–H groups in total. The van der Waals surface area contributed by atoms with Crippen molar-refractivity contribution in [2.75, 3.05) is 26.0 Å². The maximum Gasteiger partial charge on any atom is 0.275 e. The Morgan fingerprint density at radius 1 is 1.20 bits per heavy atom. The van der Waals surface area contributed by atoms with E-state index in [-0.39, 0.29) is 16.3 Å². The zero-order valence-electron chi connectivity index (χ0n) is 16.5. The fraction of sp³-hybridized carbons (Fsp3) is 0.200. The van der Waals surface area contributed by atoms with Crippen LogP contribution in [0.3, 0.4) is 0 Å². The van der Waals surface area contributed by atoms with Crippen molar-refractivity contribution in [3.8, 4) is 16.3 Å². The minimum absolute atomic E-state index is 0.0210. The average Bonchev–Trinajstić information content (AvgIpc) is 3.20. The molecule has 0 aliphatic rings. The molecule has 0 aliphatic carbocycles. The smallest absolute Gasteiger partial charge is 0.275 e. The number of sulfonamides is 1. The molecule has 0 radical (unpaired) electrons. The number of carbonyl (C=O) groups is 1. The van der Waals surface area contributed by atoms with Crippen LogP contribution in [0.5, 0.6) is 5.75 Å². The monoisotopic (exact) mass is 465 g/mol. The maximum atomic E-state index is 12.6. The second-order valence-electron chi connectivity index (χ2n) is 6.38. The van der Waals surface area contributed by atoms with Gasteiger partial charge in [0.25, 0.3) is 5.91 Å². The van der Waals surface area contributed by atoms with E-state index in [2.05, 4.69) is 10.3 Å². The lowest BCUT2D eigenvalue weighted by Gasteiger charge is -2.16. The molecule has 2 aromatic carbocycles. The normalized spacial score (nSPS) is 11.5. The third-order valence-electron chi connectivity index (χ3n) is 4.09. The highest BCUT2D eigenvalue weighted by atomic mass is 35.5. The first-order valence-corrected chi connectivity index (χ1v) is 11.6. The summed E-state index contributed by atoms with van der Waals surface area (Å²) < 4.78 is 31.8. The summed E-state index contributed by atoms with van der Waals surface area (Å²) in [6.07, 6.45) is 0. The van der Waals surface area contributed by atoms with Gasteiger partial charge in [0.15, 0.2) is 0 Å². The highest BCUT2D eigenvalue weighted by Crippen LogP contribution is 2.30. The highest BCUT2D eigenvalue weighted by molar-refractivity contribution is 7.89. The molecule has 0 spiro atoms. The van der Waals surface area contributed by atoms with E-state index >= 15 is 0 Å². The number of thiazole rings is 1. The molecular weight excluding hydrogens is 446 g/mol. The Balaban J connectivity index is 1.86. The van der Waals surface area contributed by atoms with Gasteiger partial charge in [0.2, 0.25) is 10.0 Å². The minimum atomic E-state index is -3.76. The number of rotatable bonds is 7. The fourth-order valence-corrected chi connectivity index (χ4v) is 4.54. The molecule has 10 heteroatoms. The predicted octanol–water partition coefficient (Wildman–Crippen LogP) is 4.36. The summed E-state index contributed by atoms with van der Waals surface area (Å²) in [5.74, 6) is -0.216. The second-order valence-corrected chi connectivity index (χ2v) is 9.80. The number of hydrogen-bond donors (Lipinski definition) is 1. The zero-order valence-corrected chi connectivity index (χ0v) is 18.9. The van der Waals surface area contributed by atoms with Crippen molar-refractivity contribution in [3.05, 3.63) is 58.6 Å². The summed E-state index contributed by atoms with van der Waals surface area (Å²) >= 11 is 7.23. The first-order valence-electron chi connectivity index (χ1n) is 8.94.